The van der Waals surface area contributed by atoms with Crippen molar-refractivity contribution in [3.63, 3.8) is 0 Å². The fourth-order valence-corrected chi connectivity index (χ4v) is 3.69. The van der Waals surface area contributed by atoms with E-state index in [0.717, 1.165) is 48.9 Å². The lowest BCUT2D eigenvalue weighted by molar-refractivity contribution is -0.134. The first-order valence-corrected chi connectivity index (χ1v) is 8.55. The van der Waals surface area contributed by atoms with Gasteiger partial charge in [0.15, 0.2) is 5.82 Å². The molecular formula is C18H22N4O2. The molecule has 1 fully saturated rings. The van der Waals surface area contributed by atoms with E-state index in [1.54, 1.807) is 7.11 Å². The summed E-state index contributed by atoms with van der Waals surface area (Å²) in [6.07, 6.45) is 1.78. The Balaban J connectivity index is 1.46. The minimum Gasteiger partial charge on any atom is -0.496 e. The first-order valence-electron chi connectivity index (χ1n) is 8.55. The zero-order chi connectivity index (χ0) is 16.7. The quantitative estimate of drug-likeness (QED) is 0.862. The van der Waals surface area contributed by atoms with Gasteiger partial charge in [-0.3, -0.25) is 4.79 Å². The molecule has 0 spiro atoms. The third-order valence-corrected chi connectivity index (χ3v) is 5.10. The van der Waals surface area contributed by atoms with Crippen LogP contribution < -0.4 is 4.74 Å². The van der Waals surface area contributed by atoms with E-state index in [2.05, 4.69) is 27.8 Å². The van der Waals surface area contributed by atoms with E-state index in [1.807, 2.05) is 23.1 Å². The number of carbonyl (C=O) groups excluding carboxylic acids is 1. The fraction of sp³-hybridized carbons (Fsp3) is 0.500. The van der Waals surface area contributed by atoms with Gasteiger partial charge in [-0.2, -0.15) is 0 Å². The van der Waals surface area contributed by atoms with Crippen LogP contribution in [0.3, 0.4) is 0 Å². The Morgan fingerprint density at radius 2 is 2.12 bits per heavy atom. The third-order valence-electron chi connectivity index (χ3n) is 5.10. The molecule has 0 saturated heterocycles. The highest BCUT2D eigenvalue weighted by Gasteiger charge is 2.47. The SMILES string of the molecule is CCc1nnc2n1CCN(C(=O)[C@@H]1C[C@@H]1c1ccccc1OC)C2. The van der Waals surface area contributed by atoms with E-state index in [-0.39, 0.29) is 17.7 Å². The van der Waals surface area contributed by atoms with E-state index in [4.69, 9.17) is 4.74 Å². The molecule has 0 unspecified atom stereocenters. The molecule has 0 radical (unpaired) electrons. The second kappa shape index (κ2) is 5.92. The summed E-state index contributed by atoms with van der Waals surface area (Å²) < 4.78 is 7.58. The topological polar surface area (TPSA) is 60.2 Å². The number of amides is 1. The molecule has 1 aliphatic heterocycles. The fourth-order valence-electron chi connectivity index (χ4n) is 3.69. The van der Waals surface area contributed by atoms with Crippen LogP contribution in [0.15, 0.2) is 24.3 Å². The molecule has 6 nitrogen and oxygen atoms in total. The summed E-state index contributed by atoms with van der Waals surface area (Å²) in [6.45, 7) is 4.19. The van der Waals surface area contributed by atoms with Crippen LogP contribution in [0.2, 0.25) is 0 Å². The molecule has 2 aromatic rings. The monoisotopic (exact) mass is 326 g/mol. The summed E-state index contributed by atoms with van der Waals surface area (Å²) in [6, 6.07) is 8.00. The van der Waals surface area contributed by atoms with Crippen molar-refractivity contribution in [2.24, 2.45) is 5.92 Å². The molecule has 4 rings (SSSR count). The lowest BCUT2D eigenvalue weighted by Gasteiger charge is -2.28. The van der Waals surface area contributed by atoms with Crippen LogP contribution in [-0.4, -0.2) is 39.2 Å². The predicted octanol–water partition coefficient (Wildman–Crippen LogP) is 2.00. The lowest BCUT2D eigenvalue weighted by atomic mass is 10.1. The molecule has 1 aliphatic carbocycles. The molecule has 1 saturated carbocycles. The first-order chi connectivity index (χ1) is 11.7. The Morgan fingerprint density at radius 1 is 1.29 bits per heavy atom. The minimum atomic E-state index is 0.0708. The van der Waals surface area contributed by atoms with Gasteiger partial charge >= 0.3 is 0 Å². The third kappa shape index (κ3) is 2.46. The second-order valence-corrected chi connectivity index (χ2v) is 6.49. The highest BCUT2D eigenvalue weighted by atomic mass is 16.5. The molecule has 1 aromatic heterocycles. The molecule has 1 amide bonds. The van der Waals surface area contributed by atoms with Crippen LogP contribution >= 0.6 is 0 Å². The Hall–Kier alpha value is -2.37. The minimum absolute atomic E-state index is 0.0708. The summed E-state index contributed by atoms with van der Waals surface area (Å²) in [5.41, 5.74) is 1.15. The standard InChI is InChI=1S/C18H22N4O2/c1-3-16-19-20-17-11-21(8-9-22(16)17)18(23)14-10-13(14)12-6-4-5-7-15(12)24-2/h4-7,13-14H,3,8-11H2,1-2H3/t13-,14-/m1/s1. The number of ether oxygens (including phenoxy) is 1. The number of aryl methyl sites for hydroxylation is 1. The van der Waals surface area contributed by atoms with Gasteiger partial charge in [0.05, 0.1) is 13.7 Å². The number of hydrogen-bond acceptors (Lipinski definition) is 4. The Kier molecular flexibility index (Phi) is 3.75. The van der Waals surface area contributed by atoms with Gasteiger partial charge in [0, 0.05) is 25.4 Å². The van der Waals surface area contributed by atoms with E-state index in [1.165, 1.54) is 0 Å². The zero-order valence-corrected chi connectivity index (χ0v) is 14.1. The molecule has 0 bridgehead atoms. The Labute approximate surface area is 141 Å². The first kappa shape index (κ1) is 15.2. The van der Waals surface area contributed by atoms with Gasteiger partial charge in [0.2, 0.25) is 5.91 Å². The van der Waals surface area contributed by atoms with Crippen LogP contribution in [0.4, 0.5) is 0 Å². The van der Waals surface area contributed by atoms with Crippen molar-refractivity contribution in [3.8, 4) is 5.75 Å². The number of rotatable bonds is 4. The number of aromatic nitrogens is 3. The number of benzene rings is 1. The number of hydrogen-bond donors (Lipinski definition) is 0. The molecule has 24 heavy (non-hydrogen) atoms. The van der Waals surface area contributed by atoms with Gasteiger partial charge in [0.1, 0.15) is 11.6 Å². The molecule has 6 heteroatoms. The van der Waals surface area contributed by atoms with Crippen LogP contribution in [0.25, 0.3) is 0 Å². The van der Waals surface area contributed by atoms with E-state index >= 15 is 0 Å². The maximum atomic E-state index is 12.9. The van der Waals surface area contributed by atoms with Gasteiger partial charge in [0.25, 0.3) is 0 Å². The number of fused-ring (bicyclic) bond motifs is 1. The van der Waals surface area contributed by atoms with Crippen molar-refractivity contribution >= 4 is 5.91 Å². The molecule has 126 valence electrons. The summed E-state index contributed by atoms with van der Waals surface area (Å²) in [4.78, 5) is 14.8. The molecule has 2 heterocycles. The molecule has 0 N–H and O–H groups in total. The van der Waals surface area contributed by atoms with Crippen molar-refractivity contribution in [2.75, 3.05) is 13.7 Å². The van der Waals surface area contributed by atoms with Gasteiger partial charge in [-0.15, -0.1) is 10.2 Å². The maximum Gasteiger partial charge on any atom is 0.226 e. The molecule has 2 aliphatic rings. The van der Waals surface area contributed by atoms with E-state index < -0.39 is 0 Å². The second-order valence-electron chi connectivity index (χ2n) is 6.49. The van der Waals surface area contributed by atoms with Crippen LogP contribution in [0.5, 0.6) is 5.75 Å². The molecular weight excluding hydrogens is 304 g/mol. The van der Waals surface area contributed by atoms with E-state index in [0.29, 0.717) is 6.54 Å². The van der Waals surface area contributed by atoms with Crippen molar-refractivity contribution in [1.29, 1.82) is 0 Å². The average Bonchev–Trinajstić information content (AvgIpc) is 3.32. The summed E-state index contributed by atoms with van der Waals surface area (Å²) in [5.74, 6) is 3.37. The smallest absolute Gasteiger partial charge is 0.226 e. The van der Waals surface area contributed by atoms with Crippen molar-refractivity contribution in [1.82, 2.24) is 19.7 Å². The summed E-state index contributed by atoms with van der Waals surface area (Å²) >= 11 is 0. The van der Waals surface area contributed by atoms with Crippen LogP contribution in [0.1, 0.15) is 36.5 Å². The van der Waals surface area contributed by atoms with Crippen molar-refractivity contribution in [3.05, 3.63) is 41.5 Å². The largest absolute Gasteiger partial charge is 0.496 e. The zero-order valence-electron chi connectivity index (χ0n) is 14.1. The Morgan fingerprint density at radius 3 is 2.92 bits per heavy atom. The highest BCUT2D eigenvalue weighted by molar-refractivity contribution is 5.83. The number of para-hydroxylation sites is 1. The Bertz CT molecular complexity index is 770. The predicted molar refractivity (Wildman–Crippen MR) is 88.7 cm³/mol. The number of nitrogens with zero attached hydrogens (tertiary/aromatic N) is 4. The van der Waals surface area contributed by atoms with Crippen LogP contribution in [0, 0.1) is 5.92 Å². The van der Waals surface area contributed by atoms with Gasteiger partial charge in [-0.1, -0.05) is 25.1 Å². The number of carbonyl (C=O) groups is 1. The van der Waals surface area contributed by atoms with Crippen molar-refractivity contribution < 1.29 is 9.53 Å². The van der Waals surface area contributed by atoms with Gasteiger partial charge < -0.3 is 14.2 Å². The van der Waals surface area contributed by atoms with Gasteiger partial charge in [-0.25, -0.2) is 0 Å². The average molecular weight is 326 g/mol. The summed E-state index contributed by atoms with van der Waals surface area (Å²) in [5, 5.41) is 8.46. The summed E-state index contributed by atoms with van der Waals surface area (Å²) in [7, 11) is 1.68. The van der Waals surface area contributed by atoms with E-state index in [9.17, 15) is 4.79 Å². The van der Waals surface area contributed by atoms with Gasteiger partial charge in [-0.05, 0) is 24.0 Å². The normalized spacial score (nSPS) is 22.2. The van der Waals surface area contributed by atoms with Crippen molar-refractivity contribution in [2.45, 2.75) is 38.8 Å². The maximum absolute atomic E-state index is 12.9. The lowest BCUT2D eigenvalue weighted by Crippen LogP contribution is -2.39. The highest BCUT2D eigenvalue weighted by Crippen LogP contribution is 2.51. The van der Waals surface area contributed by atoms with Crippen LogP contribution in [-0.2, 0) is 24.3 Å². The molecule has 2 atom stereocenters. The molecule has 1 aromatic carbocycles. The number of methoxy groups -OCH3 is 1.